The predicted octanol–water partition coefficient (Wildman–Crippen LogP) is 2.83. The molecular weight excluding hydrogens is 344 g/mol. The van der Waals surface area contributed by atoms with Crippen LogP contribution in [0.2, 0.25) is 5.02 Å². The van der Waals surface area contributed by atoms with Crippen LogP contribution in [-0.4, -0.2) is 26.0 Å². The van der Waals surface area contributed by atoms with Crippen LogP contribution in [0.5, 0.6) is 11.5 Å². The Bertz CT molecular complexity index is 805. The fourth-order valence-corrected chi connectivity index (χ4v) is 2.23. The molecule has 6 nitrogen and oxygen atoms in total. The van der Waals surface area contributed by atoms with Crippen molar-refractivity contribution >= 4 is 29.5 Å². The van der Waals surface area contributed by atoms with Crippen LogP contribution < -0.4 is 20.3 Å². The summed E-state index contributed by atoms with van der Waals surface area (Å²) >= 11 is 5.92. The average Bonchev–Trinajstić information content (AvgIpc) is 2.64. The Kier molecular flexibility index (Phi) is 6.42. The van der Waals surface area contributed by atoms with Crippen LogP contribution in [0.25, 0.3) is 6.08 Å². The Morgan fingerprint density at radius 2 is 1.80 bits per heavy atom. The highest BCUT2D eigenvalue weighted by Gasteiger charge is 2.09. The Hall–Kier alpha value is -2.99. The number of carbonyl (C=O) groups is 2. The SMILES string of the molecule is COc1ccc(OC)c(/C=C/C(=O)NNC(=O)c2ccccc2Cl)c1. The summed E-state index contributed by atoms with van der Waals surface area (Å²) in [6.07, 6.45) is 2.82. The lowest BCUT2D eigenvalue weighted by atomic mass is 10.1. The van der Waals surface area contributed by atoms with Crippen LogP contribution >= 0.6 is 11.6 Å². The van der Waals surface area contributed by atoms with Crippen molar-refractivity contribution in [1.82, 2.24) is 10.9 Å². The van der Waals surface area contributed by atoms with Gasteiger partial charge < -0.3 is 9.47 Å². The van der Waals surface area contributed by atoms with E-state index in [-0.39, 0.29) is 5.56 Å². The van der Waals surface area contributed by atoms with E-state index >= 15 is 0 Å². The fraction of sp³-hybridized carbons (Fsp3) is 0.111. The molecule has 130 valence electrons. The van der Waals surface area contributed by atoms with Gasteiger partial charge in [-0.25, -0.2) is 0 Å². The van der Waals surface area contributed by atoms with Crippen molar-refractivity contribution in [2.24, 2.45) is 0 Å². The molecule has 0 aliphatic heterocycles. The van der Waals surface area contributed by atoms with Gasteiger partial charge in [0.25, 0.3) is 11.8 Å². The molecule has 2 aromatic rings. The van der Waals surface area contributed by atoms with Crippen molar-refractivity contribution in [3.63, 3.8) is 0 Å². The number of amides is 2. The maximum absolute atomic E-state index is 12.0. The number of hydrogen-bond acceptors (Lipinski definition) is 4. The molecule has 0 atom stereocenters. The number of hydrogen-bond donors (Lipinski definition) is 2. The lowest BCUT2D eigenvalue weighted by Crippen LogP contribution is -2.40. The number of methoxy groups -OCH3 is 2. The summed E-state index contributed by atoms with van der Waals surface area (Å²) in [7, 11) is 3.08. The van der Waals surface area contributed by atoms with Gasteiger partial charge in [-0.3, -0.25) is 20.4 Å². The van der Waals surface area contributed by atoms with Crippen molar-refractivity contribution in [2.45, 2.75) is 0 Å². The van der Waals surface area contributed by atoms with E-state index in [9.17, 15) is 9.59 Å². The summed E-state index contributed by atoms with van der Waals surface area (Å²) in [6, 6.07) is 11.7. The lowest BCUT2D eigenvalue weighted by molar-refractivity contribution is -0.117. The predicted molar refractivity (Wildman–Crippen MR) is 95.6 cm³/mol. The number of ether oxygens (including phenoxy) is 2. The van der Waals surface area contributed by atoms with Gasteiger partial charge in [0, 0.05) is 11.6 Å². The molecule has 2 amide bonds. The van der Waals surface area contributed by atoms with E-state index in [4.69, 9.17) is 21.1 Å². The highest BCUT2D eigenvalue weighted by molar-refractivity contribution is 6.33. The molecule has 2 rings (SSSR count). The van der Waals surface area contributed by atoms with Gasteiger partial charge in [0.05, 0.1) is 24.8 Å². The second-order valence-corrected chi connectivity index (χ2v) is 5.27. The Balaban J connectivity index is 1.99. The van der Waals surface area contributed by atoms with Crippen molar-refractivity contribution in [3.8, 4) is 11.5 Å². The molecule has 0 bridgehead atoms. The molecule has 0 spiro atoms. The van der Waals surface area contributed by atoms with Crippen molar-refractivity contribution < 1.29 is 19.1 Å². The normalized spacial score (nSPS) is 10.4. The van der Waals surface area contributed by atoms with Crippen molar-refractivity contribution in [1.29, 1.82) is 0 Å². The zero-order chi connectivity index (χ0) is 18.2. The van der Waals surface area contributed by atoms with Crippen LogP contribution in [-0.2, 0) is 4.79 Å². The zero-order valence-corrected chi connectivity index (χ0v) is 14.5. The monoisotopic (exact) mass is 360 g/mol. The first kappa shape index (κ1) is 18.4. The van der Waals surface area contributed by atoms with E-state index in [2.05, 4.69) is 10.9 Å². The van der Waals surface area contributed by atoms with Crippen LogP contribution in [0.4, 0.5) is 0 Å². The lowest BCUT2D eigenvalue weighted by Gasteiger charge is -2.08. The quantitative estimate of drug-likeness (QED) is 0.635. The number of benzene rings is 2. The third kappa shape index (κ3) is 4.99. The summed E-state index contributed by atoms with van der Waals surface area (Å²) in [5.74, 6) is 0.203. The summed E-state index contributed by atoms with van der Waals surface area (Å²) in [5.41, 5.74) is 5.51. The summed E-state index contributed by atoms with van der Waals surface area (Å²) < 4.78 is 10.4. The third-order valence-electron chi connectivity index (χ3n) is 3.27. The molecular formula is C18H17ClN2O4. The number of rotatable bonds is 5. The molecule has 25 heavy (non-hydrogen) atoms. The maximum Gasteiger partial charge on any atom is 0.271 e. The van der Waals surface area contributed by atoms with Crippen LogP contribution in [0, 0.1) is 0 Å². The third-order valence-corrected chi connectivity index (χ3v) is 3.60. The summed E-state index contributed by atoms with van der Waals surface area (Å²) in [6.45, 7) is 0. The van der Waals surface area contributed by atoms with E-state index in [0.29, 0.717) is 22.1 Å². The van der Waals surface area contributed by atoms with Crippen LogP contribution in [0.1, 0.15) is 15.9 Å². The van der Waals surface area contributed by atoms with Gasteiger partial charge in [0.15, 0.2) is 0 Å². The van der Waals surface area contributed by atoms with E-state index in [1.165, 1.54) is 13.2 Å². The highest BCUT2D eigenvalue weighted by Crippen LogP contribution is 2.24. The summed E-state index contributed by atoms with van der Waals surface area (Å²) in [4.78, 5) is 23.8. The molecule has 0 saturated heterocycles. The van der Waals surface area contributed by atoms with Crippen LogP contribution in [0.15, 0.2) is 48.5 Å². The molecule has 7 heteroatoms. The van der Waals surface area contributed by atoms with Gasteiger partial charge >= 0.3 is 0 Å². The highest BCUT2D eigenvalue weighted by atomic mass is 35.5. The Morgan fingerprint density at radius 3 is 2.48 bits per heavy atom. The summed E-state index contributed by atoms with van der Waals surface area (Å²) in [5, 5.41) is 0.297. The molecule has 0 aliphatic rings. The van der Waals surface area contributed by atoms with E-state index in [1.54, 1.807) is 55.7 Å². The second kappa shape index (κ2) is 8.75. The first-order chi connectivity index (χ1) is 12.0. The molecule has 0 radical (unpaired) electrons. The standard InChI is InChI=1S/C18H17ClN2O4/c1-24-13-8-9-16(25-2)12(11-13)7-10-17(22)20-21-18(23)14-5-3-4-6-15(14)19/h3-11H,1-2H3,(H,20,22)(H,21,23)/b10-7+. The molecule has 0 fully saturated rings. The van der Waals surface area contributed by atoms with Crippen LogP contribution in [0.3, 0.4) is 0 Å². The average molecular weight is 361 g/mol. The first-order valence-electron chi connectivity index (χ1n) is 7.30. The minimum absolute atomic E-state index is 0.267. The number of carbonyl (C=O) groups excluding carboxylic acids is 2. The van der Waals surface area contributed by atoms with Crippen molar-refractivity contribution in [3.05, 3.63) is 64.7 Å². The van der Waals surface area contributed by atoms with Gasteiger partial charge in [-0.1, -0.05) is 23.7 Å². The molecule has 0 aliphatic carbocycles. The molecule has 0 heterocycles. The number of nitrogens with one attached hydrogen (secondary N) is 2. The van der Waals surface area contributed by atoms with Gasteiger partial charge in [-0.05, 0) is 36.4 Å². The molecule has 2 aromatic carbocycles. The Labute approximate surface area is 150 Å². The first-order valence-corrected chi connectivity index (χ1v) is 7.68. The van der Waals surface area contributed by atoms with Gasteiger partial charge in [0.2, 0.25) is 0 Å². The van der Waals surface area contributed by atoms with Gasteiger partial charge in [-0.2, -0.15) is 0 Å². The molecule has 2 N–H and O–H groups in total. The smallest absolute Gasteiger partial charge is 0.271 e. The number of halogens is 1. The minimum atomic E-state index is -0.509. The zero-order valence-electron chi connectivity index (χ0n) is 13.7. The van der Waals surface area contributed by atoms with E-state index in [1.807, 2.05) is 0 Å². The topological polar surface area (TPSA) is 76.7 Å². The molecule has 0 unspecified atom stereocenters. The van der Waals surface area contributed by atoms with E-state index < -0.39 is 11.8 Å². The van der Waals surface area contributed by atoms with Crippen molar-refractivity contribution in [2.75, 3.05) is 14.2 Å². The minimum Gasteiger partial charge on any atom is -0.497 e. The number of hydrazine groups is 1. The fourth-order valence-electron chi connectivity index (χ4n) is 2.01. The van der Waals surface area contributed by atoms with Gasteiger partial charge in [-0.15, -0.1) is 0 Å². The second-order valence-electron chi connectivity index (χ2n) is 4.86. The molecule has 0 saturated carbocycles. The largest absolute Gasteiger partial charge is 0.497 e. The van der Waals surface area contributed by atoms with Gasteiger partial charge in [0.1, 0.15) is 11.5 Å². The maximum atomic E-state index is 12.0. The Morgan fingerprint density at radius 1 is 1.04 bits per heavy atom. The molecule has 0 aromatic heterocycles. The van der Waals surface area contributed by atoms with E-state index in [0.717, 1.165) is 0 Å².